The number of hydrogen-bond acceptors (Lipinski definition) is 1. The lowest BCUT2D eigenvalue weighted by atomic mass is 9.85. The second-order valence-electron chi connectivity index (χ2n) is 5.00. The minimum atomic E-state index is 0.456. The first-order valence-corrected chi connectivity index (χ1v) is 6.63. The monoisotopic (exact) mass is 257 g/mol. The van der Waals surface area contributed by atoms with Gasteiger partial charge in [-0.15, -0.1) is 0 Å². The smallest absolute Gasteiger partial charge is 0.0409 e. The van der Waals surface area contributed by atoms with Gasteiger partial charge in [-0.2, -0.15) is 0 Å². The van der Waals surface area contributed by atoms with E-state index < -0.39 is 0 Å². The van der Waals surface area contributed by atoms with Crippen molar-refractivity contribution in [1.82, 2.24) is 4.90 Å². The molecule has 1 aliphatic heterocycles. The second-order valence-corrected chi connectivity index (χ2v) is 5.44. The minimum Gasteiger partial charge on any atom is -0.301 e. The molecule has 1 heterocycles. The molecule has 0 radical (unpaired) electrons. The van der Waals surface area contributed by atoms with E-state index in [9.17, 15) is 0 Å². The molecule has 3 rings (SSSR count). The van der Waals surface area contributed by atoms with Crippen LogP contribution in [0.25, 0.3) is 0 Å². The van der Waals surface area contributed by atoms with Crippen LogP contribution in [0.15, 0.2) is 48.5 Å². The lowest BCUT2D eigenvalue weighted by molar-refractivity contribution is 0.295. The van der Waals surface area contributed by atoms with Gasteiger partial charge in [-0.05, 0) is 35.9 Å². The molecule has 18 heavy (non-hydrogen) atoms. The van der Waals surface area contributed by atoms with E-state index in [0.717, 1.165) is 18.1 Å². The SMILES string of the molecule is CN1Cc2cc(Cl)ccc2C(c2ccccc2)C1. The van der Waals surface area contributed by atoms with Crippen LogP contribution in [0.3, 0.4) is 0 Å². The summed E-state index contributed by atoms with van der Waals surface area (Å²) in [6.45, 7) is 2.05. The Hall–Kier alpha value is -1.31. The second kappa shape index (κ2) is 4.75. The first kappa shape index (κ1) is 11.8. The van der Waals surface area contributed by atoms with E-state index in [2.05, 4.69) is 54.4 Å². The quantitative estimate of drug-likeness (QED) is 0.749. The number of hydrogen-bond donors (Lipinski definition) is 0. The van der Waals surface area contributed by atoms with Crippen LogP contribution in [0.1, 0.15) is 22.6 Å². The van der Waals surface area contributed by atoms with Crippen LogP contribution < -0.4 is 0 Å². The summed E-state index contributed by atoms with van der Waals surface area (Å²) in [6.07, 6.45) is 0. The number of fused-ring (bicyclic) bond motifs is 1. The molecule has 2 heteroatoms. The fraction of sp³-hybridized carbons (Fsp3) is 0.250. The van der Waals surface area contributed by atoms with Gasteiger partial charge in [-0.3, -0.25) is 0 Å². The average Bonchev–Trinajstić information content (AvgIpc) is 2.38. The molecule has 0 amide bonds. The zero-order valence-electron chi connectivity index (χ0n) is 10.4. The Morgan fingerprint density at radius 3 is 2.67 bits per heavy atom. The Balaban J connectivity index is 2.08. The Morgan fingerprint density at radius 1 is 1.11 bits per heavy atom. The number of likely N-dealkylation sites (N-methyl/N-ethyl adjacent to an activating group) is 1. The summed E-state index contributed by atoms with van der Waals surface area (Å²) in [5.74, 6) is 0.456. The lowest BCUT2D eigenvalue weighted by Crippen LogP contribution is -2.30. The van der Waals surface area contributed by atoms with Gasteiger partial charge in [0, 0.05) is 24.0 Å². The number of halogens is 1. The number of benzene rings is 2. The summed E-state index contributed by atoms with van der Waals surface area (Å²) in [7, 11) is 2.17. The van der Waals surface area contributed by atoms with Gasteiger partial charge in [-0.1, -0.05) is 48.0 Å². The maximum absolute atomic E-state index is 6.10. The average molecular weight is 258 g/mol. The van der Waals surface area contributed by atoms with Gasteiger partial charge >= 0.3 is 0 Å². The fourth-order valence-electron chi connectivity index (χ4n) is 2.79. The third-order valence-corrected chi connectivity index (χ3v) is 3.85. The van der Waals surface area contributed by atoms with Crippen LogP contribution in [-0.4, -0.2) is 18.5 Å². The Labute approximate surface area is 113 Å². The van der Waals surface area contributed by atoms with E-state index in [4.69, 9.17) is 11.6 Å². The third kappa shape index (κ3) is 2.16. The molecule has 0 aliphatic carbocycles. The molecule has 0 spiro atoms. The van der Waals surface area contributed by atoms with Crippen LogP contribution in [0.2, 0.25) is 5.02 Å². The van der Waals surface area contributed by atoms with E-state index in [1.54, 1.807) is 0 Å². The molecule has 1 unspecified atom stereocenters. The fourth-order valence-corrected chi connectivity index (χ4v) is 2.98. The number of rotatable bonds is 1. The minimum absolute atomic E-state index is 0.456. The summed E-state index contributed by atoms with van der Waals surface area (Å²) in [4.78, 5) is 2.36. The highest BCUT2D eigenvalue weighted by molar-refractivity contribution is 6.30. The largest absolute Gasteiger partial charge is 0.301 e. The van der Waals surface area contributed by atoms with Crippen LogP contribution in [0.4, 0.5) is 0 Å². The van der Waals surface area contributed by atoms with Crippen molar-refractivity contribution in [2.45, 2.75) is 12.5 Å². The first-order chi connectivity index (χ1) is 8.74. The van der Waals surface area contributed by atoms with Gasteiger partial charge in [0.15, 0.2) is 0 Å². The molecule has 1 aliphatic rings. The van der Waals surface area contributed by atoms with Crippen LogP contribution in [0, 0.1) is 0 Å². The van der Waals surface area contributed by atoms with Crippen molar-refractivity contribution in [2.24, 2.45) is 0 Å². The zero-order valence-corrected chi connectivity index (χ0v) is 11.2. The molecule has 0 saturated heterocycles. The maximum atomic E-state index is 6.10. The van der Waals surface area contributed by atoms with Crippen LogP contribution in [0.5, 0.6) is 0 Å². The summed E-state index contributed by atoms with van der Waals surface area (Å²) in [6, 6.07) is 17.0. The predicted molar refractivity (Wildman–Crippen MR) is 76.1 cm³/mol. The maximum Gasteiger partial charge on any atom is 0.0409 e. The predicted octanol–water partition coefficient (Wildman–Crippen LogP) is 3.92. The Bertz CT molecular complexity index is 550. The summed E-state index contributed by atoms with van der Waals surface area (Å²) < 4.78 is 0. The molecule has 2 aromatic rings. The molecule has 0 saturated carbocycles. The van der Waals surface area contributed by atoms with Crippen molar-refractivity contribution < 1.29 is 0 Å². The summed E-state index contributed by atoms with van der Waals surface area (Å²) >= 11 is 6.10. The van der Waals surface area contributed by atoms with E-state index in [1.807, 2.05) is 6.07 Å². The normalized spacial score (nSPS) is 19.6. The highest BCUT2D eigenvalue weighted by Gasteiger charge is 2.24. The molecule has 0 bridgehead atoms. The molecular weight excluding hydrogens is 242 g/mol. The van der Waals surface area contributed by atoms with Crippen LogP contribution >= 0.6 is 11.6 Å². The van der Waals surface area contributed by atoms with E-state index >= 15 is 0 Å². The molecule has 2 aromatic carbocycles. The van der Waals surface area contributed by atoms with Gasteiger partial charge < -0.3 is 4.90 Å². The van der Waals surface area contributed by atoms with Crippen LogP contribution in [-0.2, 0) is 6.54 Å². The first-order valence-electron chi connectivity index (χ1n) is 6.26. The van der Waals surface area contributed by atoms with Crippen molar-refractivity contribution in [3.8, 4) is 0 Å². The van der Waals surface area contributed by atoms with Gasteiger partial charge in [0.1, 0.15) is 0 Å². The molecule has 0 aromatic heterocycles. The lowest BCUT2D eigenvalue weighted by Gasteiger charge is -2.32. The molecule has 0 N–H and O–H groups in total. The van der Waals surface area contributed by atoms with Crippen molar-refractivity contribution in [3.05, 3.63) is 70.2 Å². The van der Waals surface area contributed by atoms with Gasteiger partial charge in [0.25, 0.3) is 0 Å². The van der Waals surface area contributed by atoms with Gasteiger partial charge in [0.2, 0.25) is 0 Å². The zero-order chi connectivity index (χ0) is 12.5. The molecule has 1 nitrogen and oxygen atoms in total. The highest BCUT2D eigenvalue weighted by atomic mass is 35.5. The van der Waals surface area contributed by atoms with Gasteiger partial charge in [0.05, 0.1) is 0 Å². The highest BCUT2D eigenvalue weighted by Crippen LogP contribution is 2.34. The van der Waals surface area contributed by atoms with E-state index in [0.29, 0.717) is 5.92 Å². The van der Waals surface area contributed by atoms with Crippen molar-refractivity contribution in [3.63, 3.8) is 0 Å². The Morgan fingerprint density at radius 2 is 1.89 bits per heavy atom. The van der Waals surface area contributed by atoms with E-state index in [-0.39, 0.29) is 0 Å². The van der Waals surface area contributed by atoms with E-state index in [1.165, 1.54) is 16.7 Å². The Kier molecular flexibility index (Phi) is 3.11. The molecule has 92 valence electrons. The third-order valence-electron chi connectivity index (χ3n) is 3.62. The standard InChI is InChI=1S/C16H16ClN/c1-18-10-13-9-14(17)7-8-15(13)16(11-18)12-5-3-2-4-6-12/h2-9,16H,10-11H2,1H3. The molecule has 0 fully saturated rings. The molecular formula is C16H16ClN. The summed E-state index contributed by atoms with van der Waals surface area (Å²) in [5, 5.41) is 0.830. The molecule has 1 atom stereocenters. The summed E-state index contributed by atoms with van der Waals surface area (Å²) in [5.41, 5.74) is 4.15. The van der Waals surface area contributed by atoms with Gasteiger partial charge in [-0.25, -0.2) is 0 Å². The number of nitrogens with zero attached hydrogens (tertiary/aromatic N) is 1. The van der Waals surface area contributed by atoms with Crippen molar-refractivity contribution >= 4 is 11.6 Å². The van der Waals surface area contributed by atoms with Crippen molar-refractivity contribution in [1.29, 1.82) is 0 Å². The van der Waals surface area contributed by atoms with Crippen molar-refractivity contribution in [2.75, 3.05) is 13.6 Å². The topological polar surface area (TPSA) is 3.24 Å².